The first kappa shape index (κ1) is 16.9. The van der Waals surface area contributed by atoms with Crippen molar-refractivity contribution in [1.82, 2.24) is 15.2 Å². The zero-order valence-corrected chi connectivity index (χ0v) is 14.2. The van der Waals surface area contributed by atoms with E-state index in [2.05, 4.69) is 10.3 Å². The minimum atomic E-state index is 0.0371. The molecule has 0 bridgehead atoms. The molecule has 0 radical (unpaired) electrons. The summed E-state index contributed by atoms with van der Waals surface area (Å²) in [6.07, 6.45) is 11.9. The lowest BCUT2D eigenvalue weighted by Crippen LogP contribution is -2.46. The van der Waals surface area contributed by atoms with E-state index in [1.165, 1.54) is 32.1 Å². The predicted molar refractivity (Wildman–Crippen MR) is 92.5 cm³/mol. The second-order valence-corrected chi connectivity index (χ2v) is 7.08. The number of aromatic nitrogens is 1. The van der Waals surface area contributed by atoms with Gasteiger partial charge in [0.05, 0.1) is 5.56 Å². The van der Waals surface area contributed by atoms with E-state index in [1.807, 2.05) is 4.90 Å². The lowest BCUT2D eigenvalue weighted by Gasteiger charge is -2.32. The van der Waals surface area contributed by atoms with E-state index in [0.717, 1.165) is 12.8 Å². The van der Waals surface area contributed by atoms with Gasteiger partial charge in [-0.05, 0) is 43.7 Å². The van der Waals surface area contributed by atoms with Gasteiger partial charge in [0.15, 0.2) is 0 Å². The normalized spacial score (nSPS) is 19.9. The van der Waals surface area contributed by atoms with Crippen LogP contribution in [0.3, 0.4) is 0 Å². The van der Waals surface area contributed by atoms with Gasteiger partial charge in [-0.2, -0.15) is 0 Å². The summed E-state index contributed by atoms with van der Waals surface area (Å²) in [5, 5.41) is 3.18. The van der Waals surface area contributed by atoms with E-state index < -0.39 is 0 Å². The first-order valence-corrected chi connectivity index (χ1v) is 9.21. The van der Waals surface area contributed by atoms with Crippen molar-refractivity contribution in [3.05, 3.63) is 30.1 Å². The average molecular weight is 329 g/mol. The molecule has 130 valence electrons. The number of nitrogens with zero attached hydrogens (tertiary/aromatic N) is 2. The molecule has 1 aromatic rings. The molecule has 24 heavy (non-hydrogen) atoms. The van der Waals surface area contributed by atoms with E-state index in [4.69, 9.17) is 0 Å². The second kappa shape index (κ2) is 8.27. The van der Waals surface area contributed by atoms with Crippen LogP contribution in [0.15, 0.2) is 24.5 Å². The number of likely N-dealkylation sites (tertiary alicyclic amines) is 1. The molecule has 2 fully saturated rings. The molecule has 1 aromatic heterocycles. The third-order valence-corrected chi connectivity index (χ3v) is 5.25. The van der Waals surface area contributed by atoms with Gasteiger partial charge in [-0.15, -0.1) is 0 Å². The van der Waals surface area contributed by atoms with Gasteiger partial charge in [0.25, 0.3) is 5.91 Å². The smallest absolute Gasteiger partial charge is 0.255 e. The number of carbonyl (C=O) groups excluding carboxylic acids is 2. The topological polar surface area (TPSA) is 62.3 Å². The Morgan fingerprint density at radius 1 is 1.12 bits per heavy atom. The molecule has 0 aromatic carbocycles. The molecule has 2 amide bonds. The summed E-state index contributed by atoms with van der Waals surface area (Å²) < 4.78 is 0. The maximum Gasteiger partial charge on any atom is 0.255 e. The molecule has 3 rings (SSSR count). The van der Waals surface area contributed by atoms with Crippen molar-refractivity contribution in [3.8, 4) is 0 Å². The molecule has 5 heteroatoms. The number of nitrogens with one attached hydrogen (secondary N) is 1. The Labute approximate surface area is 143 Å². The van der Waals surface area contributed by atoms with Crippen molar-refractivity contribution in [2.45, 2.75) is 57.4 Å². The Hall–Kier alpha value is -1.91. The van der Waals surface area contributed by atoms with Crippen LogP contribution in [0.4, 0.5) is 0 Å². The fourth-order valence-electron chi connectivity index (χ4n) is 3.84. The largest absolute Gasteiger partial charge is 0.353 e. The minimum absolute atomic E-state index is 0.0371. The summed E-state index contributed by atoms with van der Waals surface area (Å²) >= 11 is 0. The summed E-state index contributed by atoms with van der Waals surface area (Å²) in [4.78, 5) is 30.5. The molecule has 1 N–H and O–H groups in total. The maximum absolute atomic E-state index is 12.4. The summed E-state index contributed by atoms with van der Waals surface area (Å²) in [5.41, 5.74) is 0.636. The zero-order valence-electron chi connectivity index (χ0n) is 14.2. The second-order valence-electron chi connectivity index (χ2n) is 7.08. The summed E-state index contributed by atoms with van der Waals surface area (Å²) in [5.74, 6) is 0.806. The number of amides is 2. The van der Waals surface area contributed by atoms with E-state index >= 15 is 0 Å². The molecule has 0 spiro atoms. The predicted octanol–water partition coefficient (Wildman–Crippen LogP) is 2.77. The Morgan fingerprint density at radius 2 is 1.88 bits per heavy atom. The molecule has 1 saturated carbocycles. The highest BCUT2D eigenvalue weighted by atomic mass is 16.2. The fourth-order valence-corrected chi connectivity index (χ4v) is 3.84. The lowest BCUT2D eigenvalue weighted by molar-refractivity contribution is -0.123. The van der Waals surface area contributed by atoms with Gasteiger partial charge in [-0.1, -0.05) is 19.3 Å². The third kappa shape index (κ3) is 4.56. The fraction of sp³-hybridized carbons (Fsp3) is 0.632. The van der Waals surface area contributed by atoms with Crippen LogP contribution in [0.25, 0.3) is 0 Å². The Kier molecular flexibility index (Phi) is 5.83. The summed E-state index contributed by atoms with van der Waals surface area (Å²) in [6.45, 7) is 1.39. The highest BCUT2D eigenvalue weighted by molar-refractivity contribution is 5.93. The van der Waals surface area contributed by atoms with Gasteiger partial charge in [0.2, 0.25) is 5.91 Å². The Balaban J connectivity index is 1.41. The van der Waals surface area contributed by atoms with Crippen LogP contribution in [0, 0.1) is 5.92 Å². The van der Waals surface area contributed by atoms with Gasteiger partial charge >= 0.3 is 0 Å². The van der Waals surface area contributed by atoms with E-state index in [0.29, 0.717) is 31.0 Å². The monoisotopic (exact) mass is 329 g/mol. The van der Waals surface area contributed by atoms with E-state index in [1.54, 1.807) is 24.5 Å². The number of rotatable bonds is 4. The van der Waals surface area contributed by atoms with Gasteiger partial charge in [0.1, 0.15) is 0 Å². The van der Waals surface area contributed by atoms with Crippen LogP contribution in [0.1, 0.15) is 61.7 Å². The molecule has 2 aliphatic rings. The molecule has 1 saturated heterocycles. The molecule has 5 nitrogen and oxygen atoms in total. The number of piperidine rings is 1. The highest BCUT2D eigenvalue weighted by Gasteiger charge is 2.25. The minimum Gasteiger partial charge on any atom is -0.353 e. The van der Waals surface area contributed by atoms with E-state index in [9.17, 15) is 9.59 Å². The first-order chi connectivity index (χ1) is 11.7. The SMILES string of the molecule is O=C(CC1CCCCC1)NC1CCN(C(=O)c2cccnc2)CC1. The van der Waals surface area contributed by atoms with Crippen molar-refractivity contribution < 1.29 is 9.59 Å². The van der Waals surface area contributed by atoms with E-state index in [-0.39, 0.29) is 17.9 Å². The third-order valence-electron chi connectivity index (χ3n) is 5.25. The van der Waals surface area contributed by atoms with Crippen LogP contribution >= 0.6 is 0 Å². The molecule has 0 atom stereocenters. The van der Waals surface area contributed by atoms with Crippen LogP contribution in [-0.2, 0) is 4.79 Å². The average Bonchev–Trinajstić information content (AvgIpc) is 2.63. The van der Waals surface area contributed by atoms with Gasteiger partial charge < -0.3 is 10.2 Å². The first-order valence-electron chi connectivity index (χ1n) is 9.21. The Bertz CT molecular complexity index is 547. The van der Waals surface area contributed by atoms with Gasteiger partial charge in [-0.3, -0.25) is 14.6 Å². The standard InChI is InChI=1S/C19H27N3O2/c23-18(13-15-5-2-1-3-6-15)21-17-8-11-22(12-9-17)19(24)16-7-4-10-20-14-16/h4,7,10,14-15,17H,1-3,5-6,8-9,11-13H2,(H,21,23). The maximum atomic E-state index is 12.4. The zero-order chi connectivity index (χ0) is 16.8. The Morgan fingerprint density at radius 3 is 2.54 bits per heavy atom. The van der Waals surface area contributed by atoms with Gasteiger partial charge in [-0.25, -0.2) is 0 Å². The van der Waals surface area contributed by atoms with Crippen molar-refractivity contribution in [2.75, 3.05) is 13.1 Å². The number of hydrogen-bond donors (Lipinski definition) is 1. The van der Waals surface area contributed by atoms with Crippen molar-refractivity contribution in [1.29, 1.82) is 0 Å². The van der Waals surface area contributed by atoms with Crippen molar-refractivity contribution in [3.63, 3.8) is 0 Å². The van der Waals surface area contributed by atoms with Crippen molar-refractivity contribution in [2.24, 2.45) is 5.92 Å². The number of hydrogen-bond acceptors (Lipinski definition) is 3. The van der Waals surface area contributed by atoms with Crippen LogP contribution in [-0.4, -0.2) is 40.8 Å². The molecule has 2 heterocycles. The quantitative estimate of drug-likeness (QED) is 0.924. The highest BCUT2D eigenvalue weighted by Crippen LogP contribution is 2.26. The number of carbonyl (C=O) groups is 2. The molecule has 1 aliphatic heterocycles. The van der Waals surface area contributed by atoms with Crippen LogP contribution in [0.2, 0.25) is 0 Å². The molecule has 1 aliphatic carbocycles. The number of pyridine rings is 1. The van der Waals surface area contributed by atoms with Gasteiger partial charge in [0, 0.05) is 37.9 Å². The van der Waals surface area contributed by atoms with Crippen LogP contribution < -0.4 is 5.32 Å². The summed E-state index contributed by atoms with van der Waals surface area (Å²) in [6, 6.07) is 3.79. The molecular formula is C19H27N3O2. The molecular weight excluding hydrogens is 302 g/mol. The molecule has 0 unspecified atom stereocenters. The lowest BCUT2D eigenvalue weighted by atomic mass is 9.86. The summed E-state index contributed by atoms with van der Waals surface area (Å²) in [7, 11) is 0. The van der Waals surface area contributed by atoms with Crippen molar-refractivity contribution >= 4 is 11.8 Å². The van der Waals surface area contributed by atoms with Crippen LogP contribution in [0.5, 0.6) is 0 Å².